The molecule has 4 rings (SSSR count). The van der Waals surface area contributed by atoms with Gasteiger partial charge in [0, 0.05) is 28.5 Å². The van der Waals surface area contributed by atoms with Gasteiger partial charge in [0.1, 0.15) is 16.9 Å². The molecular formula is C18H20O4. The van der Waals surface area contributed by atoms with Gasteiger partial charge in [-0.3, -0.25) is 0 Å². The fourth-order valence-electron chi connectivity index (χ4n) is 3.86. The minimum absolute atomic E-state index is 0.223. The molecule has 2 aliphatic rings. The Morgan fingerprint density at radius 1 is 1.27 bits per heavy atom. The van der Waals surface area contributed by atoms with Crippen molar-refractivity contribution >= 4 is 11.0 Å². The zero-order valence-electron chi connectivity index (χ0n) is 13.2. The maximum absolute atomic E-state index is 12.2. The molecule has 0 fully saturated rings. The third-order valence-electron chi connectivity index (χ3n) is 4.89. The lowest BCUT2D eigenvalue weighted by Gasteiger charge is -2.36. The van der Waals surface area contributed by atoms with Crippen LogP contribution in [0.25, 0.3) is 11.0 Å². The van der Waals surface area contributed by atoms with Crippen molar-refractivity contribution in [1.82, 2.24) is 0 Å². The summed E-state index contributed by atoms with van der Waals surface area (Å²) in [5, 5.41) is 11.5. The Morgan fingerprint density at radius 3 is 2.77 bits per heavy atom. The first-order valence-electron chi connectivity index (χ1n) is 7.86. The monoisotopic (exact) mass is 300 g/mol. The van der Waals surface area contributed by atoms with Crippen molar-refractivity contribution < 1.29 is 14.3 Å². The van der Waals surface area contributed by atoms with Crippen molar-refractivity contribution in [3.8, 4) is 5.75 Å². The molecule has 0 unspecified atom stereocenters. The second kappa shape index (κ2) is 4.35. The van der Waals surface area contributed by atoms with E-state index in [1.807, 2.05) is 26.8 Å². The van der Waals surface area contributed by atoms with Crippen LogP contribution < -0.4 is 10.4 Å². The summed E-state index contributed by atoms with van der Waals surface area (Å²) in [6.45, 7) is 5.82. The number of hydrogen-bond acceptors (Lipinski definition) is 4. The summed E-state index contributed by atoms with van der Waals surface area (Å²) in [7, 11) is 0. The van der Waals surface area contributed by atoms with Gasteiger partial charge in [0.2, 0.25) is 0 Å². The van der Waals surface area contributed by atoms with Crippen LogP contribution in [0.5, 0.6) is 5.75 Å². The van der Waals surface area contributed by atoms with E-state index in [2.05, 4.69) is 0 Å². The van der Waals surface area contributed by atoms with E-state index in [1.54, 1.807) is 0 Å². The highest BCUT2D eigenvalue weighted by atomic mass is 16.5. The number of benzene rings is 1. The zero-order chi connectivity index (χ0) is 15.6. The lowest BCUT2D eigenvalue weighted by Crippen LogP contribution is -2.35. The average Bonchev–Trinajstić information content (AvgIpc) is 2.91. The van der Waals surface area contributed by atoms with Crippen molar-refractivity contribution in [2.24, 2.45) is 0 Å². The molecule has 0 spiro atoms. The summed E-state index contributed by atoms with van der Waals surface area (Å²) < 4.78 is 11.7. The first-order chi connectivity index (χ1) is 10.4. The van der Waals surface area contributed by atoms with E-state index in [0.29, 0.717) is 17.8 Å². The lowest BCUT2D eigenvalue weighted by atomic mass is 9.88. The molecule has 1 N–H and O–H groups in total. The lowest BCUT2D eigenvalue weighted by molar-refractivity contribution is 0.0111. The second-order valence-corrected chi connectivity index (χ2v) is 7.08. The Labute approximate surface area is 128 Å². The van der Waals surface area contributed by atoms with E-state index in [1.165, 1.54) is 0 Å². The molecule has 0 saturated heterocycles. The Bertz CT molecular complexity index is 845. The van der Waals surface area contributed by atoms with Gasteiger partial charge in [-0.15, -0.1) is 0 Å². The standard InChI is InChI=1S/C18H20O4/c1-9-15-12(10-5-4-6-11(10)17(20)21-15)7-13-14(19)8-18(2,3)22-16(9)13/h7,14,19H,4-6,8H2,1-3H3/t14-/m1/s1. The topological polar surface area (TPSA) is 59.7 Å². The summed E-state index contributed by atoms with van der Waals surface area (Å²) in [5.41, 5.74) is 3.47. The van der Waals surface area contributed by atoms with Crippen LogP contribution in [0.1, 0.15) is 55.0 Å². The summed E-state index contributed by atoms with van der Waals surface area (Å²) >= 11 is 0. The minimum Gasteiger partial charge on any atom is -0.487 e. The molecular weight excluding hydrogens is 280 g/mol. The molecule has 2 heterocycles. The molecule has 2 aromatic rings. The van der Waals surface area contributed by atoms with Crippen LogP contribution in [0.15, 0.2) is 15.3 Å². The number of hydrogen-bond donors (Lipinski definition) is 1. The predicted octanol–water partition coefficient (Wildman–Crippen LogP) is 3.18. The number of rotatable bonds is 0. The Morgan fingerprint density at radius 2 is 2.00 bits per heavy atom. The number of aryl methyl sites for hydroxylation is 2. The van der Waals surface area contributed by atoms with Crippen molar-refractivity contribution in [3.63, 3.8) is 0 Å². The fraction of sp³-hybridized carbons (Fsp3) is 0.500. The van der Waals surface area contributed by atoms with Gasteiger partial charge < -0.3 is 14.3 Å². The van der Waals surface area contributed by atoms with Gasteiger partial charge >= 0.3 is 5.63 Å². The molecule has 0 amide bonds. The van der Waals surface area contributed by atoms with Crippen molar-refractivity contribution in [2.45, 2.75) is 58.2 Å². The van der Waals surface area contributed by atoms with Gasteiger partial charge in [0.05, 0.1) is 6.10 Å². The molecule has 1 aliphatic carbocycles. The molecule has 0 saturated carbocycles. The van der Waals surface area contributed by atoms with Gasteiger partial charge in [-0.25, -0.2) is 4.79 Å². The molecule has 4 nitrogen and oxygen atoms in total. The first kappa shape index (κ1) is 13.8. The summed E-state index contributed by atoms with van der Waals surface area (Å²) in [6.07, 6.45) is 2.69. The molecule has 22 heavy (non-hydrogen) atoms. The van der Waals surface area contributed by atoms with E-state index < -0.39 is 11.7 Å². The van der Waals surface area contributed by atoms with E-state index in [0.717, 1.165) is 46.9 Å². The Hall–Kier alpha value is -1.81. The van der Waals surface area contributed by atoms with Gasteiger partial charge in [-0.2, -0.15) is 0 Å². The molecule has 4 heteroatoms. The normalized spacial score (nSPS) is 22.3. The predicted molar refractivity (Wildman–Crippen MR) is 83.5 cm³/mol. The molecule has 1 aliphatic heterocycles. The Kier molecular flexibility index (Phi) is 2.74. The summed E-state index contributed by atoms with van der Waals surface area (Å²) in [5.74, 6) is 0.664. The molecule has 116 valence electrons. The maximum atomic E-state index is 12.2. The number of fused-ring (bicyclic) bond motifs is 4. The molecule has 1 atom stereocenters. The number of ether oxygens (including phenoxy) is 1. The number of aliphatic hydroxyl groups is 1. The molecule has 1 aromatic heterocycles. The average molecular weight is 300 g/mol. The smallest absolute Gasteiger partial charge is 0.339 e. The molecule has 1 aromatic carbocycles. The van der Waals surface area contributed by atoms with E-state index in [-0.39, 0.29) is 5.63 Å². The summed E-state index contributed by atoms with van der Waals surface area (Å²) in [4.78, 5) is 12.2. The Balaban J connectivity index is 2.08. The first-order valence-corrected chi connectivity index (χ1v) is 7.86. The van der Waals surface area contributed by atoms with Gasteiger partial charge in [0.25, 0.3) is 0 Å². The molecule has 0 bridgehead atoms. The third-order valence-corrected chi connectivity index (χ3v) is 4.89. The van der Waals surface area contributed by atoms with Crippen molar-refractivity contribution in [1.29, 1.82) is 0 Å². The molecule has 0 radical (unpaired) electrons. The quantitative estimate of drug-likeness (QED) is 0.759. The number of aliphatic hydroxyl groups excluding tert-OH is 1. The van der Waals surface area contributed by atoms with Crippen LogP contribution in [0.4, 0.5) is 0 Å². The second-order valence-electron chi connectivity index (χ2n) is 7.08. The van der Waals surface area contributed by atoms with Gasteiger partial charge in [-0.05, 0) is 51.7 Å². The van der Waals surface area contributed by atoms with E-state index in [4.69, 9.17) is 9.15 Å². The van der Waals surface area contributed by atoms with Crippen LogP contribution in [-0.4, -0.2) is 10.7 Å². The van der Waals surface area contributed by atoms with E-state index >= 15 is 0 Å². The fourth-order valence-corrected chi connectivity index (χ4v) is 3.86. The van der Waals surface area contributed by atoms with Crippen LogP contribution in [0.3, 0.4) is 0 Å². The van der Waals surface area contributed by atoms with Gasteiger partial charge in [-0.1, -0.05) is 0 Å². The van der Waals surface area contributed by atoms with E-state index in [9.17, 15) is 9.90 Å². The van der Waals surface area contributed by atoms with Crippen LogP contribution in [-0.2, 0) is 12.8 Å². The van der Waals surface area contributed by atoms with Gasteiger partial charge in [0.15, 0.2) is 0 Å². The third kappa shape index (κ3) is 1.83. The zero-order valence-corrected chi connectivity index (χ0v) is 13.2. The minimum atomic E-state index is -0.550. The van der Waals surface area contributed by atoms with Crippen LogP contribution in [0, 0.1) is 6.92 Å². The SMILES string of the molecule is Cc1c2c(cc3c4c(c(=O)oc13)CCC4)[C@H](O)CC(C)(C)O2. The van der Waals surface area contributed by atoms with Crippen LogP contribution in [0.2, 0.25) is 0 Å². The highest BCUT2D eigenvalue weighted by Gasteiger charge is 2.35. The summed E-state index contributed by atoms with van der Waals surface area (Å²) in [6, 6.07) is 1.96. The van der Waals surface area contributed by atoms with Crippen LogP contribution >= 0.6 is 0 Å². The van der Waals surface area contributed by atoms with Crippen molar-refractivity contribution in [3.05, 3.63) is 38.7 Å². The highest BCUT2D eigenvalue weighted by molar-refractivity contribution is 5.87. The highest BCUT2D eigenvalue weighted by Crippen LogP contribution is 2.45. The largest absolute Gasteiger partial charge is 0.487 e. The maximum Gasteiger partial charge on any atom is 0.339 e. The van der Waals surface area contributed by atoms with Crippen molar-refractivity contribution in [2.75, 3.05) is 0 Å².